The van der Waals surface area contributed by atoms with Gasteiger partial charge in [-0.1, -0.05) is 6.07 Å². The lowest BCUT2D eigenvalue weighted by Gasteiger charge is -2.28. The molecule has 1 heterocycles. The van der Waals surface area contributed by atoms with Gasteiger partial charge < -0.3 is 10.1 Å². The number of nitrogens with one attached hydrogen (secondary N) is 1. The zero-order chi connectivity index (χ0) is 12.3. The van der Waals surface area contributed by atoms with Crippen molar-refractivity contribution in [1.29, 1.82) is 0 Å². The highest BCUT2D eigenvalue weighted by atomic mass is 19.1. The van der Waals surface area contributed by atoms with Gasteiger partial charge in [0.2, 0.25) is 0 Å². The monoisotopic (exact) mass is 237 g/mol. The first-order chi connectivity index (χ1) is 8.15. The Hall–Kier alpha value is -0.930. The van der Waals surface area contributed by atoms with Gasteiger partial charge in [-0.05, 0) is 50.1 Å². The summed E-state index contributed by atoms with van der Waals surface area (Å²) >= 11 is 0. The van der Waals surface area contributed by atoms with Gasteiger partial charge in [0, 0.05) is 18.6 Å². The van der Waals surface area contributed by atoms with Crippen molar-refractivity contribution in [3.05, 3.63) is 35.1 Å². The molecule has 94 valence electrons. The molecule has 0 spiro atoms. The summed E-state index contributed by atoms with van der Waals surface area (Å²) in [5.41, 5.74) is 2.40. The Morgan fingerprint density at radius 2 is 2.29 bits per heavy atom. The van der Waals surface area contributed by atoms with Crippen LogP contribution in [0.5, 0.6) is 0 Å². The van der Waals surface area contributed by atoms with Gasteiger partial charge in [-0.3, -0.25) is 0 Å². The summed E-state index contributed by atoms with van der Waals surface area (Å²) in [5, 5.41) is 3.23. The van der Waals surface area contributed by atoms with Crippen molar-refractivity contribution < 1.29 is 9.13 Å². The molecule has 3 heteroatoms. The van der Waals surface area contributed by atoms with Crippen LogP contribution in [0, 0.1) is 18.2 Å². The Balaban J connectivity index is 2.19. The second kappa shape index (κ2) is 5.15. The molecule has 0 bridgehead atoms. The zero-order valence-corrected chi connectivity index (χ0v) is 10.6. The third kappa shape index (κ3) is 2.85. The molecule has 1 aliphatic heterocycles. The summed E-state index contributed by atoms with van der Waals surface area (Å²) in [6, 6.07) is 5.04. The molecule has 1 atom stereocenters. The molecule has 0 radical (unpaired) electrons. The molecular weight excluding hydrogens is 217 g/mol. The standard InChI is InChI=1S/C14H20FNO/c1-11-3-4-13(15)7-12(11)8-14(9-16-2)5-6-17-10-14/h3-4,7,16H,5-6,8-10H2,1-2H3. The number of rotatable bonds is 4. The third-order valence-corrected chi connectivity index (χ3v) is 3.61. The summed E-state index contributed by atoms with van der Waals surface area (Å²) in [6.07, 6.45) is 1.93. The lowest BCUT2D eigenvalue weighted by atomic mass is 9.80. The van der Waals surface area contributed by atoms with Crippen molar-refractivity contribution in [3.63, 3.8) is 0 Å². The molecule has 0 amide bonds. The highest BCUT2D eigenvalue weighted by molar-refractivity contribution is 5.28. The van der Waals surface area contributed by atoms with Gasteiger partial charge in [-0.25, -0.2) is 4.39 Å². The van der Waals surface area contributed by atoms with Gasteiger partial charge in [0.1, 0.15) is 5.82 Å². The summed E-state index contributed by atoms with van der Waals surface area (Å²) in [6.45, 7) is 4.54. The van der Waals surface area contributed by atoms with Crippen molar-refractivity contribution in [3.8, 4) is 0 Å². The van der Waals surface area contributed by atoms with E-state index in [9.17, 15) is 4.39 Å². The van der Waals surface area contributed by atoms with Crippen molar-refractivity contribution in [1.82, 2.24) is 5.32 Å². The average Bonchev–Trinajstić information content (AvgIpc) is 2.73. The smallest absolute Gasteiger partial charge is 0.123 e. The van der Waals surface area contributed by atoms with Crippen molar-refractivity contribution >= 4 is 0 Å². The van der Waals surface area contributed by atoms with Gasteiger partial charge in [0.05, 0.1) is 6.61 Å². The van der Waals surface area contributed by atoms with Gasteiger partial charge in [0.25, 0.3) is 0 Å². The Morgan fingerprint density at radius 3 is 2.94 bits per heavy atom. The van der Waals surface area contributed by atoms with E-state index in [0.717, 1.165) is 43.7 Å². The van der Waals surface area contributed by atoms with Crippen LogP contribution in [0.25, 0.3) is 0 Å². The van der Waals surface area contributed by atoms with E-state index in [2.05, 4.69) is 5.32 Å². The van der Waals surface area contributed by atoms with E-state index in [4.69, 9.17) is 4.74 Å². The van der Waals surface area contributed by atoms with Crippen LogP contribution in [0.2, 0.25) is 0 Å². The maximum Gasteiger partial charge on any atom is 0.123 e. The number of halogens is 1. The van der Waals surface area contributed by atoms with Crippen LogP contribution in [-0.2, 0) is 11.2 Å². The fraction of sp³-hybridized carbons (Fsp3) is 0.571. The van der Waals surface area contributed by atoms with Gasteiger partial charge in [0.15, 0.2) is 0 Å². The van der Waals surface area contributed by atoms with E-state index in [0.29, 0.717) is 0 Å². The fourth-order valence-corrected chi connectivity index (χ4v) is 2.60. The third-order valence-electron chi connectivity index (χ3n) is 3.61. The fourth-order valence-electron chi connectivity index (χ4n) is 2.60. The van der Waals surface area contributed by atoms with Crippen LogP contribution in [-0.4, -0.2) is 26.8 Å². The Labute approximate surface area is 102 Å². The lowest BCUT2D eigenvalue weighted by molar-refractivity contribution is 0.150. The molecule has 0 aromatic heterocycles. The van der Waals surface area contributed by atoms with E-state index in [1.54, 1.807) is 6.07 Å². The summed E-state index contributed by atoms with van der Waals surface area (Å²) in [7, 11) is 1.96. The lowest BCUT2D eigenvalue weighted by Crippen LogP contribution is -2.35. The van der Waals surface area contributed by atoms with Crippen molar-refractivity contribution in [2.24, 2.45) is 5.41 Å². The minimum absolute atomic E-state index is 0.132. The molecule has 2 nitrogen and oxygen atoms in total. The molecule has 1 aromatic carbocycles. The molecule has 1 fully saturated rings. The van der Waals surface area contributed by atoms with Crippen LogP contribution in [0.4, 0.5) is 4.39 Å². The molecule has 1 aromatic rings. The van der Waals surface area contributed by atoms with Crippen LogP contribution < -0.4 is 5.32 Å². The first kappa shape index (κ1) is 12.5. The van der Waals surface area contributed by atoms with E-state index in [1.165, 1.54) is 6.07 Å². The SMILES string of the molecule is CNCC1(Cc2cc(F)ccc2C)CCOC1. The number of benzene rings is 1. The highest BCUT2D eigenvalue weighted by Crippen LogP contribution is 2.33. The highest BCUT2D eigenvalue weighted by Gasteiger charge is 2.34. The quantitative estimate of drug-likeness (QED) is 0.867. The topological polar surface area (TPSA) is 21.3 Å². The first-order valence-corrected chi connectivity index (χ1v) is 6.13. The molecular formula is C14H20FNO. The number of hydrogen-bond acceptors (Lipinski definition) is 2. The van der Waals surface area contributed by atoms with Crippen LogP contribution in [0.3, 0.4) is 0 Å². The predicted octanol–water partition coefficient (Wildman–Crippen LogP) is 2.30. The van der Waals surface area contributed by atoms with E-state index < -0.39 is 0 Å². The zero-order valence-electron chi connectivity index (χ0n) is 10.6. The molecule has 1 N–H and O–H groups in total. The van der Waals surface area contributed by atoms with Crippen LogP contribution in [0.15, 0.2) is 18.2 Å². The van der Waals surface area contributed by atoms with Gasteiger partial charge >= 0.3 is 0 Å². The van der Waals surface area contributed by atoms with Gasteiger partial charge in [-0.15, -0.1) is 0 Å². The average molecular weight is 237 g/mol. The van der Waals surface area contributed by atoms with Crippen molar-refractivity contribution in [2.75, 3.05) is 26.8 Å². The van der Waals surface area contributed by atoms with Crippen molar-refractivity contribution in [2.45, 2.75) is 19.8 Å². The molecule has 2 rings (SSSR count). The van der Waals surface area contributed by atoms with Crippen LogP contribution >= 0.6 is 0 Å². The summed E-state index contributed by atoms with van der Waals surface area (Å²) < 4.78 is 18.8. The second-order valence-corrected chi connectivity index (χ2v) is 5.08. The molecule has 1 saturated heterocycles. The van der Waals surface area contributed by atoms with E-state index in [-0.39, 0.29) is 11.2 Å². The number of hydrogen-bond donors (Lipinski definition) is 1. The van der Waals surface area contributed by atoms with Gasteiger partial charge in [-0.2, -0.15) is 0 Å². The largest absolute Gasteiger partial charge is 0.381 e. The Morgan fingerprint density at radius 1 is 1.47 bits per heavy atom. The summed E-state index contributed by atoms with van der Waals surface area (Å²) in [5.74, 6) is -0.149. The molecule has 1 unspecified atom stereocenters. The minimum Gasteiger partial charge on any atom is -0.381 e. The van der Waals surface area contributed by atoms with Crippen LogP contribution in [0.1, 0.15) is 17.5 Å². The Kier molecular flexibility index (Phi) is 3.79. The normalized spacial score (nSPS) is 24.2. The maximum absolute atomic E-state index is 13.3. The molecule has 0 aliphatic carbocycles. The summed E-state index contributed by atoms with van der Waals surface area (Å²) in [4.78, 5) is 0. The minimum atomic E-state index is -0.149. The van der Waals surface area contributed by atoms with E-state index in [1.807, 2.05) is 20.0 Å². The second-order valence-electron chi connectivity index (χ2n) is 5.08. The molecule has 1 aliphatic rings. The number of ether oxygens (including phenoxy) is 1. The predicted molar refractivity (Wildman–Crippen MR) is 66.6 cm³/mol. The number of aryl methyl sites for hydroxylation is 1. The van der Waals surface area contributed by atoms with E-state index >= 15 is 0 Å². The Bertz CT molecular complexity index is 386. The molecule has 17 heavy (non-hydrogen) atoms. The first-order valence-electron chi connectivity index (χ1n) is 6.13. The molecule has 0 saturated carbocycles. The maximum atomic E-state index is 13.3.